The molecular weight excluding hydrogens is 324 g/mol. The number of phenolic OH excluding ortho intramolecular Hbond substituents is 1. The van der Waals surface area contributed by atoms with E-state index in [9.17, 15) is 15.0 Å². The van der Waals surface area contributed by atoms with Crippen LogP contribution in [0.15, 0.2) is 34.7 Å². The summed E-state index contributed by atoms with van der Waals surface area (Å²) in [6.07, 6.45) is 3.39. The van der Waals surface area contributed by atoms with Gasteiger partial charge in [0, 0.05) is 5.39 Å². The van der Waals surface area contributed by atoms with E-state index in [-0.39, 0.29) is 16.9 Å². The first-order valence-electron chi connectivity index (χ1n) is 7.45. The number of phenols is 2. The Labute approximate surface area is 143 Å². The molecule has 0 saturated carbocycles. The first kappa shape index (κ1) is 16.4. The van der Waals surface area contributed by atoms with Crippen molar-refractivity contribution < 1.29 is 29.3 Å². The van der Waals surface area contributed by atoms with E-state index in [0.29, 0.717) is 22.5 Å². The number of carboxylic acid groups (broad SMARTS) is 1. The number of benzene rings is 2. The van der Waals surface area contributed by atoms with E-state index >= 15 is 0 Å². The molecule has 0 radical (unpaired) electrons. The van der Waals surface area contributed by atoms with Crippen LogP contribution in [0.3, 0.4) is 0 Å². The normalized spacial score (nSPS) is 11.3. The van der Waals surface area contributed by atoms with E-state index in [0.717, 1.165) is 5.56 Å². The third-order valence-electron chi connectivity index (χ3n) is 3.88. The molecule has 128 valence electrons. The highest BCUT2D eigenvalue weighted by Crippen LogP contribution is 2.35. The van der Waals surface area contributed by atoms with Gasteiger partial charge in [-0.05, 0) is 48.4 Å². The summed E-state index contributed by atoms with van der Waals surface area (Å²) >= 11 is 0. The Kier molecular flexibility index (Phi) is 4.10. The Morgan fingerprint density at radius 1 is 1.16 bits per heavy atom. The van der Waals surface area contributed by atoms with Crippen LogP contribution >= 0.6 is 0 Å². The highest BCUT2D eigenvalue weighted by atomic mass is 16.5. The molecule has 0 bridgehead atoms. The third kappa shape index (κ3) is 3.01. The van der Waals surface area contributed by atoms with Gasteiger partial charge in [0.05, 0.1) is 7.11 Å². The zero-order valence-electron chi connectivity index (χ0n) is 13.6. The van der Waals surface area contributed by atoms with Gasteiger partial charge in [-0.1, -0.05) is 12.1 Å². The topological polar surface area (TPSA) is 100 Å². The van der Waals surface area contributed by atoms with Gasteiger partial charge < -0.3 is 24.5 Å². The van der Waals surface area contributed by atoms with Crippen molar-refractivity contribution in [3.05, 3.63) is 52.8 Å². The molecule has 0 unspecified atom stereocenters. The maximum atomic E-state index is 11.2. The molecule has 1 aromatic heterocycles. The fraction of sp³-hybridized carbons (Fsp3) is 0.105. The number of aromatic hydroxyl groups is 2. The second-order valence-corrected chi connectivity index (χ2v) is 5.55. The monoisotopic (exact) mass is 340 g/mol. The number of hydrogen-bond donors (Lipinski definition) is 3. The quantitative estimate of drug-likeness (QED) is 0.663. The van der Waals surface area contributed by atoms with Crippen molar-refractivity contribution in [2.75, 3.05) is 7.11 Å². The van der Waals surface area contributed by atoms with Crippen molar-refractivity contribution in [2.24, 2.45) is 0 Å². The second kappa shape index (κ2) is 6.24. The lowest BCUT2D eigenvalue weighted by molar-refractivity contribution is 0.0693. The molecule has 3 N–H and O–H groups in total. The summed E-state index contributed by atoms with van der Waals surface area (Å²) < 4.78 is 10.6. The Bertz CT molecular complexity index is 997. The van der Waals surface area contributed by atoms with Crippen LogP contribution in [-0.4, -0.2) is 28.4 Å². The SMILES string of the molecule is COc1ccc(/C=C/c2cc3c(C)cc(C(=O)O)c(O)c3o2)cc1O. The first-order valence-corrected chi connectivity index (χ1v) is 7.45. The van der Waals surface area contributed by atoms with Crippen molar-refractivity contribution in [2.45, 2.75) is 6.92 Å². The highest BCUT2D eigenvalue weighted by molar-refractivity contribution is 6.00. The minimum absolute atomic E-state index is 0.0221. The van der Waals surface area contributed by atoms with Crippen molar-refractivity contribution >= 4 is 29.1 Å². The van der Waals surface area contributed by atoms with E-state index in [1.165, 1.54) is 13.2 Å². The Balaban J connectivity index is 2.00. The van der Waals surface area contributed by atoms with E-state index in [4.69, 9.17) is 14.3 Å². The summed E-state index contributed by atoms with van der Waals surface area (Å²) in [5, 5.41) is 29.6. The van der Waals surface area contributed by atoms with Crippen molar-refractivity contribution in [1.82, 2.24) is 0 Å². The van der Waals surface area contributed by atoms with Gasteiger partial charge in [-0.15, -0.1) is 0 Å². The predicted octanol–water partition coefficient (Wildman–Crippen LogP) is 4.03. The van der Waals surface area contributed by atoms with Gasteiger partial charge in [0.1, 0.15) is 11.3 Å². The molecule has 0 saturated heterocycles. The lowest BCUT2D eigenvalue weighted by Gasteiger charge is -2.03. The number of fused-ring (bicyclic) bond motifs is 1. The molecule has 3 rings (SSSR count). The first-order chi connectivity index (χ1) is 11.9. The zero-order valence-corrected chi connectivity index (χ0v) is 13.6. The van der Waals surface area contributed by atoms with Crippen LogP contribution in [0.4, 0.5) is 0 Å². The highest BCUT2D eigenvalue weighted by Gasteiger charge is 2.18. The molecular formula is C19H16O6. The standard InChI is InChI=1S/C19H16O6/c1-10-7-14(19(22)23)17(21)18-13(10)9-12(25-18)5-3-11-4-6-16(24-2)15(20)8-11/h3-9,20-21H,1-2H3,(H,22,23)/b5-3+. The van der Waals surface area contributed by atoms with Crippen molar-refractivity contribution in [3.63, 3.8) is 0 Å². The van der Waals surface area contributed by atoms with Crippen molar-refractivity contribution in [1.29, 1.82) is 0 Å². The van der Waals surface area contributed by atoms with Crippen LogP contribution in [0, 0.1) is 6.92 Å². The van der Waals surface area contributed by atoms with E-state index < -0.39 is 11.7 Å². The number of aryl methyl sites for hydroxylation is 1. The fourth-order valence-electron chi connectivity index (χ4n) is 2.60. The van der Waals surface area contributed by atoms with Crippen LogP contribution in [0.2, 0.25) is 0 Å². The molecule has 0 aliphatic carbocycles. The smallest absolute Gasteiger partial charge is 0.339 e. The van der Waals surface area contributed by atoms with E-state index in [1.54, 1.807) is 43.3 Å². The molecule has 0 aliphatic rings. The van der Waals surface area contributed by atoms with Crippen LogP contribution in [0.5, 0.6) is 17.2 Å². The molecule has 6 nitrogen and oxygen atoms in total. The van der Waals surface area contributed by atoms with Gasteiger partial charge in [-0.3, -0.25) is 0 Å². The van der Waals surface area contributed by atoms with Gasteiger partial charge in [0.25, 0.3) is 0 Å². The molecule has 2 aromatic carbocycles. The molecule has 0 aliphatic heterocycles. The maximum Gasteiger partial charge on any atom is 0.339 e. The summed E-state index contributed by atoms with van der Waals surface area (Å²) in [5.41, 5.74) is 1.35. The van der Waals surface area contributed by atoms with Crippen LogP contribution < -0.4 is 4.74 Å². The summed E-state index contributed by atoms with van der Waals surface area (Å²) in [6.45, 7) is 1.75. The van der Waals surface area contributed by atoms with Gasteiger partial charge >= 0.3 is 5.97 Å². The molecule has 1 heterocycles. The molecule has 3 aromatic rings. The average molecular weight is 340 g/mol. The van der Waals surface area contributed by atoms with Gasteiger partial charge in [-0.25, -0.2) is 4.79 Å². The Morgan fingerprint density at radius 2 is 1.92 bits per heavy atom. The third-order valence-corrected chi connectivity index (χ3v) is 3.88. The molecule has 25 heavy (non-hydrogen) atoms. The average Bonchev–Trinajstić information content (AvgIpc) is 3.01. The summed E-state index contributed by atoms with van der Waals surface area (Å²) in [4.78, 5) is 11.2. The number of furan rings is 1. The van der Waals surface area contributed by atoms with Gasteiger partial charge in [0.15, 0.2) is 22.8 Å². The number of hydrogen-bond acceptors (Lipinski definition) is 5. The van der Waals surface area contributed by atoms with Gasteiger partial charge in [-0.2, -0.15) is 0 Å². The number of methoxy groups -OCH3 is 1. The van der Waals surface area contributed by atoms with Gasteiger partial charge in [0.2, 0.25) is 0 Å². The molecule has 0 spiro atoms. The van der Waals surface area contributed by atoms with Crippen LogP contribution in [-0.2, 0) is 0 Å². The maximum absolute atomic E-state index is 11.2. The second-order valence-electron chi connectivity index (χ2n) is 5.55. The summed E-state index contributed by atoms with van der Waals surface area (Å²) in [6, 6.07) is 8.08. The molecule has 0 fully saturated rings. The van der Waals surface area contributed by atoms with Crippen LogP contribution in [0.25, 0.3) is 23.1 Å². The Hall–Kier alpha value is -3.41. The number of carboxylic acids is 1. The molecule has 6 heteroatoms. The lowest BCUT2D eigenvalue weighted by atomic mass is 10.1. The summed E-state index contributed by atoms with van der Waals surface area (Å²) in [7, 11) is 1.47. The Morgan fingerprint density at radius 3 is 2.56 bits per heavy atom. The van der Waals surface area contributed by atoms with E-state index in [1.807, 2.05) is 0 Å². The van der Waals surface area contributed by atoms with Crippen molar-refractivity contribution in [3.8, 4) is 17.2 Å². The number of carbonyl (C=O) groups is 1. The number of rotatable bonds is 4. The fourth-order valence-corrected chi connectivity index (χ4v) is 2.60. The van der Waals surface area contributed by atoms with Crippen LogP contribution in [0.1, 0.15) is 27.2 Å². The largest absolute Gasteiger partial charge is 0.504 e. The summed E-state index contributed by atoms with van der Waals surface area (Å²) in [5.74, 6) is -0.762. The zero-order chi connectivity index (χ0) is 18.1. The number of aromatic carboxylic acids is 1. The molecule has 0 atom stereocenters. The number of ether oxygens (including phenoxy) is 1. The minimum Gasteiger partial charge on any atom is -0.504 e. The van der Waals surface area contributed by atoms with E-state index in [2.05, 4.69) is 0 Å². The predicted molar refractivity (Wildman–Crippen MR) is 93.2 cm³/mol. The minimum atomic E-state index is -1.22. The molecule has 0 amide bonds. The lowest BCUT2D eigenvalue weighted by Crippen LogP contribution is -1.97.